The third-order valence-electron chi connectivity index (χ3n) is 4.37. The molecular formula is C18H28N2O. The van der Waals surface area contributed by atoms with Gasteiger partial charge in [0.1, 0.15) is 0 Å². The second-order valence-electron chi connectivity index (χ2n) is 6.49. The minimum atomic E-state index is -0.0789. The lowest BCUT2D eigenvalue weighted by Gasteiger charge is -2.23. The largest absolute Gasteiger partial charge is 0.379 e. The van der Waals surface area contributed by atoms with Crippen LogP contribution in [0.4, 0.5) is 0 Å². The average molecular weight is 288 g/mol. The Hall–Kier alpha value is -1.32. The Morgan fingerprint density at radius 1 is 1.29 bits per heavy atom. The first-order valence-electron chi connectivity index (χ1n) is 7.83. The molecule has 1 heterocycles. The predicted molar refractivity (Wildman–Crippen MR) is 89.6 cm³/mol. The van der Waals surface area contributed by atoms with Gasteiger partial charge in [0.05, 0.1) is 5.60 Å². The summed E-state index contributed by atoms with van der Waals surface area (Å²) in [6.45, 7) is 7.36. The molecule has 1 unspecified atom stereocenters. The van der Waals surface area contributed by atoms with Crippen LogP contribution in [0, 0.1) is 0 Å². The number of hydrogen-bond acceptors (Lipinski definition) is 2. The molecule has 1 aromatic carbocycles. The van der Waals surface area contributed by atoms with Gasteiger partial charge in [-0.15, -0.1) is 0 Å². The molecule has 1 atom stereocenters. The molecule has 0 aliphatic carbocycles. The summed E-state index contributed by atoms with van der Waals surface area (Å²) in [5, 5.41) is 1.30. The van der Waals surface area contributed by atoms with Gasteiger partial charge in [-0.3, -0.25) is 0 Å². The van der Waals surface area contributed by atoms with Crippen LogP contribution in [-0.2, 0) is 17.7 Å². The number of ether oxygens (including phenoxy) is 1. The predicted octanol–water partition coefficient (Wildman–Crippen LogP) is 3.74. The summed E-state index contributed by atoms with van der Waals surface area (Å²) in [7, 11) is 1.77. The van der Waals surface area contributed by atoms with Crippen molar-refractivity contribution in [3.8, 4) is 0 Å². The molecule has 116 valence electrons. The Bertz CT molecular complexity index is 586. The maximum atomic E-state index is 6.05. The van der Waals surface area contributed by atoms with Gasteiger partial charge < -0.3 is 15.0 Å². The molecule has 1 aromatic heterocycles. The fourth-order valence-corrected chi connectivity index (χ4v) is 2.51. The third-order valence-corrected chi connectivity index (χ3v) is 4.37. The van der Waals surface area contributed by atoms with Crippen molar-refractivity contribution in [2.45, 2.75) is 58.2 Å². The van der Waals surface area contributed by atoms with Crippen LogP contribution >= 0.6 is 0 Å². The van der Waals surface area contributed by atoms with Crippen molar-refractivity contribution < 1.29 is 4.74 Å². The number of nitrogens with two attached hydrogens (primary N) is 1. The highest BCUT2D eigenvalue weighted by atomic mass is 16.5. The number of hydrogen-bond donors (Lipinski definition) is 1. The first-order valence-corrected chi connectivity index (χ1v) is 7.83. The number of aromatic nitrogens is 1. The van der Waals surface area contributed by atoms with E-state index in [0.29, 0.717) is 0 Å². The van der Waals surface area contributed by atoms with Crippen LogP contribution in [0.5, 0.6) is 0 Å². The number of benzene rings is 1. The first-order chi connectivity index (χ1) is 9.95. The molecule has 0 spiro atoms. The molecule has 0 radical (unpaired) electrons. The van der Waals surface area contributed by atoms with Gasteiger partial charge in [0.25, 0.3) is 0 Å². The quantitative estimate of drug-likeness (QED) is 0.843. The lowest BCUT2D eigenvalue weighted by atomic mass is 10.0. The highest BCUT2D eigenvalue weighted by molar-refractivity contribution is 5.80. The van der Waals surface area contributed by atoms with E-state index in [2.05, 4.69) is 55.8 Å². The van der Waals surface area contributed by atoms with Gasteiger partial charge in [0.15, 0.2) is 0 Å². The summed E-state index contributed by atoms with van der Waals surface area (Å²) < 4.78 is 7.80. The molecule has 0 aliphatic heterocycles. The lowest BCUT2D eigenvalue weighted by Crippen LogP contribution is -2.24. The molecular weight excluding hydrogens is 260 g/mol. The van der Waals surface area contributed by atoms with Crippen LogP contribution in [0.15, 0.2) is 30.5 Å². The number of nitrogens with zero attached hydrogens (tertiary/aromatic N) is 1. The summed E-state index contributed by atoms with van der Waals surface area (Å²) in [4.78, 5) is 0. The molecule has 3 heteroatoms. The van der Waals surface area contributed by atoms with Gasteiger partial charge in [-0.25, -0.2) is 0 Å². The fraction of sp³-hybridized carbons (Fsp3) is 0.556. The van der Waals surface area contributed by atoms with Crippen molar-refractivity contribution in [2.75, 3.05) is 7.11 Å². The normalized spacial score (nSPS) is 13.8. The van der Waals surface area contributed by atoms with Gasteiger partial charge in [0.2, 0.25) is 0 Å². The van der Waals surface area contributed by atoms with Gasteiger partial charge in [-0.1, -0.05) is 13.0 Å². The number of aryl methyl sites for hydroxylation is 1. The Morgan fingerprint density at radius 3 is 2.71 bits per heavy atom. The Morgan fingerprint density at radius 2 is 2.05 bits per heavy atom. The van der Waals surface area contributed by atoms with Crippen molar-refractivity contribution in [1.29, 1.82) is 0 Å². The molecule has 2 aromatic rings. The van der Waals surface area contributed by atoms with E-state index in [9.17, 15) is 0 Å². The Balaban J connectivity index is 2.13. The number of fused-ring (bicyclic) bond motifs is 1. The number of methoxy groups -OCH3 is 1. The van der Waals surface area contributed by atoms with Crippen molar-refractivity contribution in [1.82, 2.24) is 4.57 Å². The molecule has 0 saturated heterocycles. The van der Waals surface area contributed by atoms with Crippen molar-refractivity contribution >= 4 is 10.9 Å². The summed E-state index contributed by atoms with van der Waals surface area (Å²) >= 11 is 0. The van der Waals surface area contributed by atoms with E-state index < -0.39 is 0 Å². The topological polar surface area (TPSA) is 40.2 Å². The number of rotatable bonds is 7. The maximum Gasteiger partial charge on any atom is 0.0639 e. The van der Waals surface area contributed by atoms with Crippen LogP contribution in [0.1, 0.15) is 39.2 Å². The van der Waals surface area contributed by atoms with Gasteiger partial charge in [-0.05, 0) is 62.3 Å². The zero-order valence-corrected chi connectivity index (χ0v) is 13.7. The Labute approximate surface area is 128 Å². The fourth-order valence-electron chi connectivity index (χ4n) is 2.51. The summed E-state index contributed by atoms with van der Waals surface area (Å²) in [6, 6.07) is 9.13. The minimum absolute atomic E-state index is 0.0789. The molecule has 21 heavy (non-hydrogen) atoms. The zero-order valence-electron chi connectivity index (χ0n) is 13.7. The van der Waals surface area contributed by atoms with Crippen LogP contribution < -0.4 is 5.73 Å². The van der Waals surface area contributed by atoms with E-state index in [0.717, 1.165) is 25.8 Å². The molecule has 0 saturated carbocycles. The van der Waals surface area contributed by atoms with Crippen LogP contribution in [-0.4, -0.2) is 23.3 Å². The molecule has 0 bridgehead atoms. The van der Waals surface area contributed by atoms with E-state index in [4.69, 9.17) is 10.5 Å². The second kappa shape index (κ2) is 6.63. The van der Waals surface area contributed by atoms with E-state index in [1.165, 1.54) is 16.5 Å². The maximum absolute atomic E-state index is 6.05. The smallest absolute Gasteiger partial charge is 0.0639 e. The van der Waals surface area contributed by atoms with Crippen LogP contribution in [0.2, 0.25) is 0 Å². The van der Waals surface area contributed by atoms with Crippen LogP contribution in [0.25, 0.3) is 10.9 Å². The van der Waals surface area contributed by atoms with Crippen molar-refractivity contribution in [3.05, 3.63) is 36.0 Å². The standard InChI is InChI=1S/C18H28N2O/c1-5-16(19)13-14-6-7-17-15(12-14)8-10-20(17)11-9-18(2,3)21-4/h6-8,10,12,16H,5,9,11,13,19H2,1-4H3. The molecule has 0 fully saturated rings. The molecule has 0 amide bonds. The Kier molecular flexibility index (Phi) is 5.07. The van der Waals surface area contributed by atoms with Gasteiger partial charge in [-0.2, -0.15) is 0 Å². The zero-order chi connectivity index (χ0) is 15.5. The highest BCUT2D eigenvalue weighted by Gasteiger charge is 2.16. The van der Waals surface area contributed by atoms with E-state index >= 15 is 0 Å². The van der Waals surface area contributed by atoms with E-state index in [1.807, 2.05) is 0 Å². The average Bonchev–Trinajstić information content (AvgIpc) is 2.87. The lowest BCUT2D eigenvalue weighted by molar-refractivity contribution is 0.0123. The summed E-state index contributed by atoms with van der Waals surface area (Å²) in [5.74, 6) is 0. The van der Waals surface area contributed by atoms with Gasteiger partial charge in [0, 0.05) is 31.4 Å². The molecule has 2 rings (SSSR count). The monoisotopic (exact) mass is 288 g/mol. The summed E-state index contributed by atoms with van der Waals surface area (Å²) in [6.07, 6.45) is 5.13. The third kappa shape index (κ3) is 4.08. The van der Waals surface area contributed by atoms with Crippen molar-refractivity contribution in [3.63, 3.8) is 0 Å². The molecule has 3 nitrogen and oxygen atoms in total. The summed E-state index contributed by atoms with van der Waals surface area (Å²) in [5.41, 5.74) is 8.58. The van der Waals surface area contributed by atoms with Gasteiger partial charge >= 0.3 is 0 Å². The molecule has 0 aliphatic rings. The second-order valence-corrected chi connectivity index (χ2v) is 6.49. The SMILES string of the molecule is CCC(N)Cc1ccc2c(ccn2CCC(C)(C)OC)c1. The molecule has 2 N–H and O–H groups in total. The van der Waals surface area contributed by atoms with Crippen LogP contribution in [0.3, 0.4) is 0 Å². The van der Waals surface area contributed by atoms with E-state index in [1.54, 1.807) is 7.11 Å². The van der Waals surface area contributed by atoms with Crippen molar-refractivity contribution in [2.24, 2.45) is 5.73 Å². The minimum Gasteiger partial charge on any atom is -0.379 e. The first kappa shape index (κ1) is 16.1. The van der Waals surface area contributed by atoms with E-state index in [-0.39, 0.29) is 11.6 Å². The highest BCUT2D eigenvalue weighted by Crippen LogP contribution is 2.21.